The molecule has 1 saturated heterocycles. The van der Waals surface area contributed by atoms with Crippen LogP contribution in [0.25, 0.3) is 11.1 Å². The first-order chi connectivity index (χ1) is 15.6. The molecule has 7 heteroatoms. The topological polar surface area (TPSA) is 41.6 Å². The first-order valence-electron chi connectivity index (χ1n) is 10.6. The molecule has 0 atom stereocenters. The summed E-state index contributed by atoms with van der Waals surface area (Å²) >= 11 is 0. The van der Waals surface area contributed by atoms with E-state index in [1.807, 2.05) is 21.6 Å². The number of amides is 1. The summed E-state index contributed by atoms with van der Waals surface area (Å²) in [6.45, 7) is 3.80. The van der Waals surface area contributed by atoms with Crippen LogP contribution in [-0.2, 0) is 13.1 Å². The van der Waals surface area contributed by atoms with E-state index < -0.39 is 0 Å². The molecule has 0 aliphatic carbocycles. The molecule has 3 heterocycles. The third-order valence-corrected chi connectivity index (χ3v) is 5.95. The van der Waals surface area contributed by atoms with Crippen molar-refractivity contribution in [2.75, 3.05) is 26.2 Å². The Labute approximate surface area is 184 Å². The summed E-state index contributed by atoms with van der Waals surface area (Å²) in [5.41, 5.74) is 3.82. The molecule has 0 radical (unpaired) electrons. The maximum atomic E-state index is 13.7. The van der Waals surface area contributed by atoms with Crippen molar-refractivity contribution in [2.45, 2.75) is 13.1 Å². The van der Waals surface area contributed by atoms with E-state index in [4.69, 9.17) is 4.42 Å². The molecular formula is C25H23F2N3O2. The lowest BCUT2D eigenvalue weighted by molar-refractivity contribution is 0.0619. The van der Waals surface area contributed by atoms with Gasteiger partial charge in [0.05, 0.1) is 11.8 Å². The summed E-state index contributed by atoms with van der Waals surface area (Å²) < 4.78 is 34.2. The van der Waals surface area contributed by atoms with Gasteiger partial charge in [-0.3, -0.25) is 9.69 Å². The smallest absolute Gasteiger partial charge is 0.270 e. The number of benzene rings is 2. The average molecular weight is 435 g/mol. The average Bonchev–Trinajstić information content (AvgIpc) is 3.38. The fraction of sp³-hybridized carbons (Fsp3) is 0.240. The van der Waals surface area contributed by atoms with Crippen LogP contribution in [0.2, 0.25) is 0 Å². The number of fused-ring (bicyclic) bond motifs is 1. The molecular weight excluding hydrogens is 412 g/mol. The molecule has 1 fully saturated rings. The van der Waals surface area contributed by atoms with Crippen molar-refractivity contribution in [1.82, 2.24) is 14.4 Å². The molecule has 2 aromatic heterocycles. The number of carbonyl (C=O) groups is 1. The van der Waals surface area contributed by atoms with Gasteiger partial charge in [-0.25, -0.2) is 8.78 Å². The Morgan fingerprint density at radius 1 is 0.844 bits per heavy atom. The first kappa shape index (κ1) is 20.5. The highest BCUT2D eigenvalue weighted by molar-refractivity contribution is 5.97. The SMILES string of the molecule is O=C(c1cc2occc2n1Cc1cccc(F)c1)N1CCN(Cc2ccc(F)cc2)CC1. The van der Waals surface area contributed by atoms with Crippen LogP contribution < -0.4 is 0 Å². The number of hydrogen-bond donors (Lipinski definition) is 0. The molecule has 1 aliphatic rings. The minimum atomic E-state index is -0.303. The zero-order chi connectivity index (χ0) is 22.1. The Kier molecular flexibility index (Phi) is 5.49. The van der Waals surface area contributed by atoms with Gasteiger partial charge in [0.15, 0.2) is 5.58 Å². The number of carbonyl (C=O) groups excluding carboxylic acids is 1. The molecule has 4 aromatic rings. The van der Waals surface area contributed by atoms with Gasteiger partial charge in [-0.2, -0.15) is 0 Å². The van der Waals surface area contributed by atoms with Gasteiger partial charge in [0.2, 0.25) is 0 Å². The van der Waals surface area contributed by atoms with Crippen LogP contribution in [0, 0.1) is 11.6 Å². The van der Waals surface area contributed by atoms with Gasteiger partial charge in [0.25, 0.3) is 5.91 Å². The van der Waals surface area contributed by atoms with Crippen molar-refractivity contribution < 1.29 is 18.0 Å². The maximum Gasteiger partial charge on any atom is 0.270 e. The summed E-state index contributed by atoms with van der Waals surface area (Å²) in [6.07, 6.45) is 1.59. The number of hydrogen-bond acceptors (Lipinski definition) is 3. The molecule has 1 amide bonds. The van der Waals surface area contributed by atoms with E-state index >= 15 is 0 Å². The van der Waals surface area contributed by atoms with Crippen LogP contribution in [0.4, 0.5) is 8.78 Å². The molecule has 0 spiro atoms. The largest absolute Gasteiger partial charge is 0.463 e. The van der Waals surface area contributed by atoms with Crippen molar-refractivity contribution in [3.05, 3.63) is 95.4 Å². The molecule has 1 aliphatic heterocycles. The van der Waals surface area contributed by atoms with E-state index in [1.54, 1.807) is 30.5 Å². The van der Waals surface area contributed by atoms with Crippen LogP contribution in [0.1, 0.15) is 21.6 Å². The second-order valence-corrected chi connectivity index (χ2v) is 8.11. The molecule has 32 heavy (non-hydrogen) atoms. The predicted molar refractivity (Wildman–Crippen MR) is 117 cm³/mol. The summed E-state index contributed by atoms with van der Waals surface area (Å²) in [5, 5.41) is 0. The van der Waals surface area contributed by atoms with Gasteiger partial charge in [0, 0.05) is 51.4 Å². The van der Waals surface area contributed by atoms with Crippen LogP contribution in [0.3, 0.4) is 0 Å². The van der Waals surface area contributed by atoms with E-state index in [9.17, 15) is 13.6 Å². The lowest BCUT2D eigenvalue weighted by atomic mass is 10.2. The fourth-order valence-corrected chi connectivity index (χ4v) is 4.26. The number of halogens is 2. The zero-order valence-corrected chi connectivity index (χ0v) is 17.5. The number of piperazine rings is 1. The van der Waals surface area contributed by atoms with Crippen LogP contribution in [0.5, 0.6) is 0 Å². The molecule has 0 bridgehead atoms. The third-order valence-electron chi connectivity index (χ3n) is 5.95. The van der Waals surface area contributed by atoms with E-state index in [0.29, 0.717) is 30.9 Å². The van der Waals surface area contributed by atoms with Crippen molar-refractivity contribution in [3.8, 4) is 0 Å². The second-order valence-electron chi connectivity index (χ2n) is 8.11. The van der Waals surface area contributed by atoms with Gasteiger partial charge < -0.3 is 13.9 Å². The van der Waals surface area contributed by atoms with Gasteiger partial charge in [-0.15, -0.1) is 0 Å². The van der Waals surface area contributed by atoms with Gasteiger partial charge in [-0.1, -0.05) is 24.3 Å². The van der Waals surface area contributed by atoms with Crippen LogP contribution in [-0.4, -0.2) is 46.5 Å². The first-order valence-corrected chi connectivity index (χ1v) is 10.6. The minimum Gasteiger partial charge on any atom is -0.463 e. The Hall–Kier alpha value is -3.45. The third kappa shape index (κ3) is 4.16. The Morgan fingerprint density at radius 2 is 1.62 bits per heavy atom. The van der Waals surface area contributed by atoms with Crippen molar-refractivity contribution >= 4 is 17.0 Å². The number of furan rings is 1. The van der Waals surface area contributed by atoms with Crippen molar-refractivity contribution in [2.24, 2.45) is 0 Å². The molecule has 0 N–H and O–H groups in total. The number of rotatable bonds is 5. The Morgan fingerprint density at radius 3 is 2.38 bits per heavy atom. The lowest BCUT2D eigenvalue weighted by Gasteiger charge is -2.35. The van der Waals surface area contributed by atoms with E-state index in [-0.39, 0.29) is 17.5 Å². The zero-order valence-electron chi connectivity index (χ0n) is 17.5. The summed E-state index contributed by atoms with van der Waals surface area (Å²) in [4.78, 5) is 17.5. The second kappa shape index (κ2) is 8.59. The highest BCUT2D eigenvalue weighted by Gasteiger charge is 2.26. The molecule has 164 valence electrons. The Balaban J connectivity index is 1.31. The molecule has 5 nitrogen and oxygen atoms in total. The van der Waals surface area contributed by atoms with Gasteiger partial charge in [0.1, 0.15) is 17.3 Å². The van der Waals surface area contributed by atoms with Crippen LogP contribution in [0.15, 0.2) is 71.3 Å². The van der Waals surface area contributed by atoms with E-state index in [2.05, 4.69) is 4.90 Å². The highest BCUT2D eigenvalue weighted by atomic mass is 19.1. The number of nitrogens with zero attached hydrogens (tertiary/aromatic N) is 3. The van der Waals surface area contributed by atoms with Crippen molar-refractivity contribution in [1.29, 1.82) is 0 Å². The van der Waals surface area contributed by atoms with E-state index in [1.165, 1.54) is 24.3 Å². The van der Waals surface area contributed by atoms with Gasteiger partial charge >= 0.3 is 0 Å². The summed E-state index contributed by atoms with van der Waals surface area (Å²) in [6, 6.07) is 16.5. The van der Waals surface area contributed by atoms with Crippen molar-refractivity contribution in [3.63, 3.8) is 0 Å². The summed E-state index contributed by atoms with van der Waals surface area (Å²) in [5.74, 6) is -0.603. The minimum absolute atomic E-state index is 0.0609. The fourth-order valence-electron chi connectivity index (χ4n) is 4.26. The van der Waals surface area contributed by atoms with Gasteiger partial charge in [-0.05, 0) is 35.4 Å². The lowest BCUT2D eigenvalue weighted by Crippen LogP contribution is -2.48. The monoisotopic (exact) mass is 435 g/mol. The van der Waals surface area contributed by atoms with E-state index in [0.717, 1.165) is 36.3 Å². The molecule has 0 saturated carbocycles. The Bertz CT molecular complexity index is 1240. The molecule has 5 rings (SSSR count). The maximum absolute atomic E-state index is 13.7. The molecule has 2 aromatic carbocycles. The highest BCUT2D eigenvalue weighted by Crippen LogP contribution is 2.24. The quantitative estimate of drug-likeness (QED) is 0.463. The molecule has 0 unspecified atom stereocenters. The summed E-state index contributed by atoms with van der Waals surface area (Å²) in [7, 11) is 0. The normalized spacial score (nSPS) is 14.9. The number of aromatic nitrogens is 1. The standard InChI is InChI=1S/C25H23F2N3O2/c26-20-6-4-18(5-7-20)16-28-9-11-29(12-10-28)25(31)23-15-24-22(8-13-32-24)30(23)17-19-2-1-3-21(27)14-19/h1-8,13-15H,9-12,16-17H2. The van der Waals surface area contributed by atoms with Crippen LogP contribution >= 0.6 is 0 Å². The predicted octanol–water partition coefficient (Wildman–Crippen LogP) is 4.52.